The van der Waals surface area contributed by atoms with Crippen molar-refractivity contribution in [2.45, 2.75) is 26.2 Å². The number of hydrogen-bond acceptors (Lipinski definition) is 1. The van der Waals surface area contributed by atoms with Gasteiger partial charge in [0.15, 0.2) is 0 Å². The summed E-state index contributed by atoms with van der Waals surface area (Å²) in [5, 5.41) is 0.530. The first-order valence-electron chi connectivity index (χ1n) is 9.19. The molecule has 0 N–H and O–H groups in total. The van der Waals surface area contributed by atoms with Crippen molar-refractivity contribution in [1.29, 1.82) is 0 Å². The molecule has 0 amide bonds. The summed E-state index contributed by atoms with van der Waals surface area (Å²) in [6.07, 6.45) is -8.69. The van der Waals surface area contributed by atoms with Crippen molar-refractivity contribution in [3.05, 3.63) is 100 Å². The molecule has 3 rings (SSSR count). The third-order valence-electron chi connectivity index (χ3n) is 3.32. The van der Waals surface area contributed by atoms with Gasteiger partial charge in [-0.15, -0.1) is 0 Å². The Labute approximate surface area is 193 Å². The SMILES string of the molecule is CC.COc1ccccc1C(F)(F)F.Clc1ccccc1.FC(F)(F)c1ccccc1Cl. The van der Waals surface area contributed by atoms with Gasteiger partial charge in [0, 0.05) is 5.02 Å². The van der Waals surface area contributed by atoms with E-state index in [0.29, 0.717) is 0 Å². The van der Waals surface area contributed by atoms with E-state index in [1.807, 2.05) is 44.2 Å². The summed E-state index contributed by atoms with van der Waals surface area (Å²) in [5.41, 5.74) is -1.53. The smallest absolute Gasteiger partial charge is 0.419 e. The highest BCUT2D eigenvalue weighted by atomic mass is 35.5. The van der Waals surface area contributed by atoms with Crippen LogP contribution in [0.4, 0.5) is 26.3 Å². The van der Waals surface area contributed by atoms with E-state index in [0.717, 1.165) is 17.2 Å². The van der Waals surface area contributed by atoms with Crippen molar-refractivity contribution in [1.82, 2.24) is 0 Å². The number of halogens is 8. The van der Waals surface area contributed by atoms with Crippen LogP contribution in [0, 0.1) is 0 Å². The van der Waals surface area contributed by atoms with Crippen LogP contribution in [-0.4, -0.2) is 7.11 Å². The first-order valence-corrected chi connectivity index (χ1v) is 9.95. The fourth-order valence-electron chi connectivity index (χ4n) is 1.98. The summed E-state index contributed by atoms with van der Waals surface area (Å²) in [7, 11) is 1.21. The van der Waals surface area contributed by atoms with Crippen molar-refractivity contribution in [3.63, 3.8) is 0 Å². The van der Waals surface area contributed by atoms with Gasteiger partial charge in [0.25, 0.3) is 0 Å². The van der Waals surface area contributed by atoms with Crippen molar-refractivity contribution in [2.24, 2.45) is 0 Å². The number of hydrogen-bond donors (Lipinski definition) is 0. The molecule has 0 aromatic heterocycles. The number of ether oxygens (including phenoxy) is 1. The normalized spacial score (nSPS) is 10.3. The van der Waals surface area contributed by atoms with E-state index in [9.17, 15) is 26.3 Å². The van der Waals surface area contributed by atoms with Crippen molar-refractivity contribution < 1.29 is 31.1 Å². The molecule has 32 heavy (non-hydrogen) atoms. The maximum atomic E-state index is 12.2. The third kappa shape index (κ3) is 11.3. The van der Waals surface area contributed by atoms with Crippen LogP contribution in [0.25, 0.3) is 0 Å². The van der Waals surface area contributed by atoms with Gasteiger partial charge in [0.1, 0.15) is 5.75 Å². The van der Waals surface area contributed by atoms with Crippen LogP contribution in [0.5, 0.6) is 5.75 Å². The Morgan fingerprint density at radius 1 is 0.594 bits per heavy atom. The summed E-state index contributed by atoms with van der Waals surface area (Å²) >= 11 is 10.8. The molecular weight excluding hydrogens is 477 g/mol. The number of benzene rings is 3. The van der Waals surface area contributed by atoms with Crippen LogP contribution in [0.3, 0.4) is 0 Å². The van der Waals surface area contributed by atoms with Crippen molar-refractivity contribution in [3.8, 4) is 5.75 Å². The third-order valence-corrected chi connectivity index (χ3v) is 3.91. The highest BCUT2D eigenvalue weighted by Crippen LogP contribution is 2.35. The molecule has 0 aliphatic rings. The molecule has 9 heteroatoms. The lowest BCUT2D eigenvalue weighted by Crippen LogP contribution is -2.06. The Bertz CT molecular complexity index is 897. The summed E-state index contributed by atoms with van der Waals surface area (Å²) in [6, 6.07) is 19.4. The molecule has 0 unspecified atom stereocenters. The maximum absolute atomic E-state index is 12.2. The average Bonchev–Trinajstić information content (AvgIpc) is 2.75. The van der Waals surface area contributed by atoms with Gasteiger partial charge in [-0.05, 0) is 36.4 Å². The lowest BCUT2D eigenvalue weighted by molar-refractivity contribution is -0.139. The highest BCUT2D eigenvalue weighted by Gasteiger charge is 2.33. The molecular formula is C23H22Cl2F6O. The molecule has 0 fully saturated rings. The van der Waals surface area contributed by atoms with E-state index in [2.05, 4.69) is 4.74 Å². The van der Waals surface area contributed by atoms with Gasteiger partial charge < -0.3 is 4.74 Å². The Balaban J connectivity index is 0.000000446. The summed E-state index contributed by atoms with van der Waals surface area (Å²) in [5.74, 6) is -0.148. The molecule has 0 atom stereocenters. The van der Waals surface area contributed by atoms with Gasteiger partial charge in [-0.3, -0.25) is 0 Å². The van der Waals surface area contributed by atoms with Gasteiger partial charge in [-0.2, -0.15) is 26.3 Å². The molecule has 0 saturated carbocycles. The van der Waals surface area contributed by atoms with Crippen LogP contribution in [0.2, 0.25) is 10.0 Å². The van der Waals surface area contributed by atoms with Gasteiger partial charge in [-0.25, -0.2) is 0 Å². The Kier molecular flexibility index (Phi) is 13.5. The Morgan fingerprint density at radius 3 is 1.31 bits per heavy atom. The lowest BCUT2D eigenvalue weighted by atomic mass is 10.2. The van der Waals surface area contributed by atoms with E-state index in [1.54, 1.807) is 0 Å². The second kappa shape index (κ2) is 14.6. The second-order valence-corrected chi connectivity index (χ2v) is 6.31. The van der Waals surface area contributed by atoms with E-state index in [-0.39, 0.29) is 10.8 Å². The fraction of sp³-hybridized carbons (Fsp3) is 0.217. The average molecular weight is 499 g/mol. The van der Waals surface area contributed by atoms with E-state index in [4.69, 9.17) is 23.2 Å². The van der Waals surface area contributed by atoms with Crippen LogP contribution in [-0.2, 0) is 12.4 Å². The highest BCUT2D eigenvalue weighted by molar-refractivity contribution is 6.31. The van der Waals surface area contributed by atoms with Gasteiger partial charge in [0.05, 0.1) is 23.3 Å². The predicted octanol–water partition coefficient (Wildman–Crippen LogP) is 9.44. The van der Waals surface area contributed by atoms with Crippen LogP contribution in [0.1, 0.15) is 25.0 Å². The molecule has 0 aliphatic heterocycles. The van der Waals surface area contributed by atoms with Crippen LogP contribution >= 0.6 is 23.2 Å². The molecule has 176 valence electrons. The van der Waals surface area contributed by atoms with Crippen molar-refractivity contribution in [2.75, 3.05) is 7.11 Å². The zero-order valence-electron chi connectivity index (χ0n) is 17.4. The van der Waals surface area contributed by atoms with E-state index in [1.165, 1.54) is 43.5 Å². The molecule has 0 radical (unpaired) electrons. The monoisotopic (exact) mass is 498 g/mol. The first kappa shape index (κ1) is 29.6. The minimum absolute atomic E-state index is 0.148. The number of rotatable bonds is 1. The Hall–Kier alpha value is -2.38. The summed E-state index contributed by atoms with van der Waals surface area (Å²) in [4.78, 5) is 0. The minimum atomic E-state index is -4.35. The largest absolute Gasteiger partial charge is 0.496 e. The number of para-hydroxylation sites is 1. The summed E-state index contributed by atoms with van der Waals surface area (Å²) < 4.78 is 76.9. The quantitative estimate of drug-likeness (QED) is 0.303. The van der Waals surface area contributed by atoms with Crippen LogP contribution in [0.15, 0.2) is 78.9 Å². The molecule has 1 nitrogen and oxygen atoms in total. The molecule has 3 aromatic rings. The standard InChI is InChI=1S/C8H7F3O.C7H4ClF3.C6H5Cl.C2H6/c1-12-7-5-3-2-4-6(7)8(9,10)11;8-6-4-2-1-3-5(6)7(9,10)11;7-6-4-2-1-3-5-6;1-2/h2-5H,1H3;1-4H;1-5H;1-2H3. The summed E-state index contributed by atoms with van der Waals surface area (Å²) in [6.45, 7) is 4.00. The van der Waals surface area contributed by atoms with Gasteiger partial charge >= 0.3 is 12.4 Å². The molecule has 0 aliphatic carbocycles. The molecule has 3 aromatic carbocycles. The second-order valence-electron chi connectivity index (χ2n) is 5.47. The topological polar surface area (TPSA) is 9.23 Å². The zero-order valence-corrected chi connectivity index (χ0v) is 18.9. The van der Waals surface area contributed by atoms with Crippen LogP contribution < -0.4 is 4.74 Å². The number of alkyl halides is 6. The predicted molar refractivity (Wildman–Crippen MR) is 117 cm³/mol. The maximum Gasteiger partial charge on any atom is 0.419 e. The first-order chi connectivity index (χ1) is 15.0. The fourth-order valence-corrected chi connectivity index (χ4v) is 2.37. The van der Waals surface area contributed by atoms with E-state index < -0.39 is 23.5 Å². The molecule has 0 saturated heterocycles. The molecule has 0 heterocycles. The van der Waals surface area contributed by atoms with E-state index >= 15 is 0 Å². The van der Waals surface area contributed by atoms with Gasteiger partial charge in [0.2, 0.25) is 0 Å². The number of methoxy groups -OCH3 is 1. The van der Waals surface area contributed by atoms with Gasteiger partial charge in [-0.1, -0.05) is 79.5 Å². The minimum Gasteiger partial charge on any atom is -0.496 e. The lowest BCUT2D eigenvalue weighted by Gasteiger charge is -2.10. The molecule has 0 bridgehead atoms. The zero-order chi connectivity index (χ0) is 24.8. The Morgan fingerprint density at radius 2 is 1.00 bits per heavy atom. The molecule has 0 spiro atoms. The van der Waals surface area contributed by atoms with Crippen molar-refractivity contribution >= 4 is 23.2 Å².